The highest BCUT2D eigenvalue weighted by molar-refractivity contribution is 6.36. The predicted octanol–water partition coefficient (Wildman–Crippen LogP) is 6.23. The van der Waals surface area contributed by atoms with Crippen molar-refractivity contribution in [2.45, 2.75) is 33.7 Å². The first-order valence-corrected chi connectivity index (χ1v) is 9.35. The number of hydrogen-bond donors (Lipinski definition) is 1. The summed E-state index contributed by atoms with van der Waals surface area (Å²) in [6.07, 6.45) is 3.42. The summed E-state index contributed by atoms with van der Waals surface area (Å²) in [5, 5.41) is 8.08. The molecule has 0 spiro atoms. The number of benzene rings is 1. The van der Waals surface area contributed by atoms with E-state index in [4.69, 9.17) is 23.2 Å². The molecule has 0 bridgehead atoms. The number of anilines is 1. The van der Waals surface area contributed by atoms with Crippen molar-refractivity contribution >= 4 is 28.9 Å². The van der Waals surface area contributed by atoms with Crippen LogP contribution in [0.3, 0.4) is 0 Å². The fourth-order valence-corrected chi connectivity index (χ4v) is 3.10. The van der Waals surface area contributed by atoms with E-state index in [1.54, 1.807) is 41.3 Å². The van der Waals surface area contributed by atoms with E-state index < -0.39 is 5.82 Å². The third-order valence-electron chi connectivity index (χ3n) is 4.58. The van der Waals surface area contributed by atoms with Gasteiger partial charge < -0.3 is 5.32 Å². The van der Waals surface area contributed by atoms with Gasteiger partial charge in [0.1, 0.15) is 11.0 Å². The number of nitrogens with zero attached hydrogens (tertiary/aromatic N) is 3. The topological polar surface area (TPSA) is 42.7 Å². The molecule has 4 nitrogen and oxygen atoms in total. The minimum Gasteiger partial charge on any atom is -0.381 e. The lowest BCUT2D eigenvalue weighted by Gasteiger charge is -2.30. The maximum absolute atomic E-state index is 14.6. The summed E-state index contributed by atoms with van der Waals surface area (Å²) >= 11 is 12.8. The Balaban J connectivity index is 2.22. The van der Waals surface area contributed by atoms with Crippen molar-refractivity contribution in [3.8, 4) is 16.9 Å². The van der Waals surface area contributed by atoms with Gasteiger partial charge in [0.05, 0.1) is 5.02 Å². The molecule has 1 unspecified atom stereocenters. The molecule has 142 valence electrons. The van der Waals surface area contributed by atoms with Gasteiger partial charge in [-0.15, -0.1) is 0 Å². The summed E-state index contributed by atoms with van der Waals surface area (Å²) < 4.78 is 16.2. The molecule has 2 aromatic heterocycles. The van der Waals surface area contributed by atoms with Crippen LogP contribution in [0.5, 0.6) is 0 Å². The van der Waals surface area contributed by atoms with Crippen molar-refractivity contribution in [2.24, 2.45) is 5.41 Å². The number of nitrogens with one attached hydrogen (secondary N) is 1. The highest BCUT2D eigenvalue weighted by Crippen LogP contribution is 2.41. The van der Waals surface area contributed by atoms with Gasteiger partial charge in [0.2, 0.25) is 0 Å². The van der Waals surface area contributed by atoms with E-state index in [0.717, 1.165) is 0 Å². The molecule has 7 heteroatoms. The maximum Gasteiger partial charge on any atom is 0.157 e. The van der Waals surface area contributed by atoms with E-state index in [-0.39, 0.29) is 27.2 Å². The van der Waals surface area contributed by atoms with Gasteiger partial charge in [-0.1, -0.05) is 50.0 Å². The molecule has 0 saturated carbocycles. The van der Waals surface area contributed by atoms with Crippen molar-refractivity contribution in [1.29, 1.82) is 0 Å². The van der Waals surface area contributed by atoms with Crippen LogP contribution >= 0.6 is 23.2 Å². The molecule has 0 fully saturated rings. The van der Waals surface area contributed by atoms with Crippen LogP contribution in [0.1, 0.15) is 27.7 Å². The van der Waals surface area contributed by atoms with Gasteiger partial charge in [-0.05, 0) is 30.5 Å². The second-order valence-electron chi connectivity index (χ2n) is 7.47. The molecule has 0 amide bonds. The van der Waals surface area contributed by atoms with Crippen LogP contribution in [0.25, 0.3) is 16.9 Å². The largest absolute Gasteiger partial charge is 0.381 e. The Morgan fingerprint density at radius 2 is 1.89 bits per heavy atom. The normalized spacial score (nSPS) is 12.9. The molecule has 1 atom stereocenters. The standard InChI is InChI=1S/C20H21Cl2FN4/c1-12(20(2,3)4)25-15-11-16(27-10-6-9-24-27)26-19(22)18(15)17-13(21)7-5-8-14(17)23/h5-12H,1-4H3,(H,25,26). The van der Waals surface area contributed by atoms with E-state index in [1.165, 1.54) is 6.07 Å². The van der Waals surface area contributed by atoms with Crippen LogP contribution in [0.15, 0.2) is 42.7 Å². The van der Waals surface area contributed by atoms with E-state index in [1.807, 2.05) is 0 Å². The maximum atomic E-state index is 14.6. The van der Waals surface area contributed by atoms with E-state index in [0.29, 0.717) is 17.1 Å². The highest BCUT2D eigenvalue weighted by atomic mass is 35.5. The number of pyridine rings is 1. The number of halogens is 3. The first-order chi connectivity index (χ1) is 12.7. The monoisotopic (exact) mass is 406 g/mol. The molecule has 0 radical (unpaired) electrons. The SMILES string of the molecule is CC(Nc1cc(-n2cccn2)nc(Cl)c1-c1c(F)cccc1Cl)C(C)(C)C. The van der Waals surface area contributed by atoms with E-state index >= 15 is 0 Å². The minimum absolute atomic E-state index is 0.0299. The first-order valence-electron chi connectivity index (χ1n) is 8.60. The van der Waals surface area contributed by atoms with Crippen molar-refractivity contribution in [2.75, 3.05) is 5.32 Å². The third kappa shape index (κ3) is 4.09. The summed E-state index contributed by atoms with van der Waals surface area (Å²) in [5.74, 6) is 0.0781. The van der Waals surface area contributed by atoms with Gasteiger partial charge in [-0.2, -0.15) is 5.10 Å². The van der Waals surface area contributed by atoms with Crippen LogP contribution in [0, 0.1) is 11.2 Å². The van der Waals surface area contributed by atoms with Crippen molar-refractivity contribution in [1.82, 2.24) is 14.8 Å². The Labute approximate surface area is 168 Å². The Morgan fingerprint density at radius 3 is 2.48 bits per heavy atom. The summed E-state index contributed by atoms with van der Waals surface area (Å²) in [4.78, 5) is 4.40. The van der Waals surface area contributed by atoms with Gasteiger partial charge in [-0.3, -0.25) is 0 Å². The second kappa shape index (κ2) is 7.49. The van der Waals surface area contributed by atoms with Gasteiger partial charge >= 0.3 is 0 Å². The quantitative estimate of drug-likeness (QED) is 0.522. The average Bonchev–Trinajstić information content (AvgIpc) is 3.10. The molecule has 1 N–H and O–H groups in total. The second-order valence-corrected chi connectivity index (χ2v) is 8.24. The van der Waals surface area contributed by atoms with E-state index in [9.17, 15) is 4.39 Å². The molecule has 0 aliphatic carbocycles. The molecule has 0 aliphatic heterocycles. The average molecular weight is 407 g/mol. The minimum atomic E-state index is -0.454. The molecule has 3 aromatic rings. The van der Waals surface area contributed by atoms with Crippen molar-refractivity contribution < 1.29 is 4.39 Å². The Kier molecular flexibility index (Phi) is 5.45. The number of hydrogen-bond acceptors (Lipinski definition) is 3. The first kappa shape index (κ1) is 19.6. The molecule has 0 saturated heterocycles. The Hall–Kier alpha value is -2.11. The molecular weight excluding hydrogens is 386 g/mol. The number of aromatic nitrogens is 3. The Morgan fingerprint density at radius 1 is 1.15 bits per heavy atom. The lowest BCUT2D eigenvalue weighted by Crippen LogP contribution is -2.31. The number of rotatable bonds is 4. The Bertz CT molecular complexity index is 929. The molecule has 1 aromatic carbocycles. The zero-order valence-corrected chi connectivity index (χ0v) is 17.1. The van der Waals surface area contributed by atoms with Crippen LogP contribution in [0.2, 0.25) is 10.2 Å². The van der Waals surface area contributed by atoms with Gasteiger partial charge in [0, 0.05) is 41.3 Å². The molecule has 0 aliphatic rings. The molecular formula is C20H21Cl2FN4. The van der Waals surface area contributed by atoms with Crippen LogP contribution in [0.4, 0.5) is 10.1 Å². The lowest BCUT2D eigenvalue weighted by atomic mass is 9.87. The molecule has 27 heavy (non-hydrogen) atoms. The predicted molar refractivity (Wildman–Crippen MR) is 109 cm³/mol. The smallest absolute Gasteiger partial charge is 0.157 e. The fourth-order valence-electron chi connectivity index (χ4n) is 2.56. The highest BCUT2D eigenvalue weighted by Gasteiger charge is 2.25. The summed E-state index contributed by atoms with van der Waals surface area (Å²) in [7, 11) is 0. The van der Waals surface area contributed by atoms with Crippen LogP contribution in [-0.4, -0.2) is 20.8 Å². The summed E-state index contributed by atoms with van der Waals surface area (Å²) in [6.45, 7) is 8.43. The fraction of sp³-hybridized carbons (Fsp3) is 0.300. The summed E-state index contributed by atoms with van der Waals surface area (Å²) in [5.41, 5.74) is 1.28. The molecule has 3 rings (SSSR count). The van der Waals surface area contributed by atoms with Crippen molar-refractivity contribution in [3.05, 3.63) is 58.7 Å². The molecule has 2 heterocycles. The zero-order chi connectivity index (χ0) is 19.8. The van der Waals surface area contributed by atoms with Gasteiger partial charge in [-0.25, -0.2) is 14.1 Å². The lowest BCUT2D eigenvalue weighted by molar-refractivity contribution is 0.359. The van der Waals surface area contributed by atoms with Crippen LogP contribution in [-0.2, 0) is 0 Å². The van der Waals surface area contributed by atoms with Gasteiger partial charge in [0.25, 0.3) is 0 Å². The zero-order valence-electron chi connectivity index (χ0n) is 15.6. The van der Waals surface area contributed by atoms with E-state index in [2.05, 4.69) is 43.1 Å². The van der Waals surface area contributed by atoms with Gasteiger partial charge in [0.15, 0.2) is 5.82 Å². The van der Waals surface area contributed by atoms with Crippen LogP contribution < -0.4 is 5.32 Å². The summed E-state index contributed by atoms with van der Waals surface area (Å²) in [6, 6.07) is 8.22. The third-order valence-corrected chi connectivity index (χ3v) is 5.17. The van der Waals surface area contributed by atoms with Crippen molar-refractivity contribution in [3.63, 3.8) is 0 Å².